The van der Waals surface area contributed by atoms with Gasteiger partial charge in [-0.1, -0.05) is 12.8 Å². The fraction of sp³-hybridized carbons (Fsp3) is 0.350. The highest BCUT2D eigenvalue weighted by molar-refractivity contribution is 5.83. The van der Waals surface area contributed by atoms with Gasteiger partial charge in [-0.15, -0.1) is 0 Å². The van der Waals surface area contributed by atoms with Crippen molar-refractivity contribution in [3.8, 4) is 11.6 Å². The Balaban J connectivity index is 1.58. The maximum absolute atomic E-state index is 13.2. The number of aromatic nitrogens is 3. The molecule has 0 spiro atoms. The predicted octanol–water partition coefficient (Wildman–Crippen LogP) is 4.13. The Kier molecular flexibility index (Phi) is 3.63. The molecule has 3 aromatic rings. The zero-order valence-corrected chi connectivity index (χ0v) is 15.0. The molecule has 0 unspecified atom stereocenters. The summed E-state index contributed by atoms with van der Waals surface area (Å²) in [5, 5.41) is 5.46. The van der Waals surface area contributed by atoms with Crippen molar-refractivity contribution in [2.75, 3.05) is 0 Å². The van der Waals surface area contributed by atoms with Gasteiger partial charge in [0.25, 0.3) is 0 Å². The van der Waals surface area contributed by atoms with Crippen LogP contribution in [-0.4, -0.2) is 31.8 Å². The molecule has 7 heteroatoms. The molecule has 1 aliphatic carbocycles. The number of ether oxygens (including phenoxy) is 1. The van der Waals surface area contributed by atoms with Crippen molar-refractivity contribution in [3.63, 3.8) is 0 Å². The number of amides is 1. The number of hydrogen-bond acceptors (Lipinski definition) is 4. The van der Waals surface area contributed by atoms with E-state index in [0.29, 0.717) is 23.8 Å². The topological polar surface area (TPSA) is 60.2 Å². The van der Waals surface area contributed by atoms with E-state index >= 15 is 0 Å². The number of benzene rings is 1. The quantitative estimate of drug-likeness (QED) is 0.684. The number of halogens is 1. The lowest BCUT2D eigenvalue weighted by Gasteiger charge is -2.32. The number of carbonyl (C=O) groups is 1. The van der Waals surface area contributed by atoms with Crippen LogP contribution in [0, 0.1) is 12.7 Å². The molecule has 1 fully saturated rings. The fourth-order valence-electron chi connectivity index (χ4n) is 4.06. The molecule has 138 valence electrons. The maximum Gasteiger partial charge on any atom is 0.417 e. The van der Waals surface area contributed by atoms with Gasteiger partial charge in [0.1, 0.15) is 5.82 Å². The second-order valence-corrected chi connectivity index (χ2v) is 7.23. The van der Waals surface area contributed by atoms with Gasteiger partial charge in [-0.25, -0.2) is 13.9 Å². The molecule has 1 amide bonds. The molecule has 6 nitrogen and oxygen atoms in total. The maximum atomic E-state index is 13.2. The molecule has 2 aromatic heterocycles. The second-order valence-electron chi connectivity index (χ2n) is 7.23. The molecule has 2 aliphatic rings. The number of rotatable bonds is 2. The summed E-state index contributed by atoms with van der Waals surface area (Å²) >= 11 is 0. The van der Waals surface area contributed by atoms with Gasteiger partial charge in [0.05, 0.1) is 17.9 Å². The number of carbonyl (C=O) groups excluding carboxylic acids is 1. The summed E-state index contributed by atoms with van der Waals surface area (Å²) < 4.78 is 20.5. The Morgan fingerprint density at radius 2 is 1.93 bits per heavy atom. The summed E-state index contributed by atoms with van der Waals surface area (Å²) in [6.45, 7) is 2.43. The molecule has 0 radical (unpaired) electrons. The zero-order valence-electron chi connectivity index (χ0n) is 15.0. The highest BCUT2D eigenvalue weighted by atomic mass is 19.1. The van der Waals surface area contributed by atoms with E-state index in [1.54, 1.807) is 16.8 Å². The molecular weight excluding hydrogens is 347 g/mol. The van der Waals surface area contributed by atoms with Crippen LogP contribution in [0.5, 0.6) is 5.88 Å². The third kappa shape index (κ3) is 2.65. The van der Waals surface area contributed by atoms with Crippen molar-refractivity contribution in [3.05, 3.63) is 47.4 Å². The van der Waals surface area contributed by atoms with Gasteiger partial charge >= 0.3 is 6.09 Å². The van der Waals surface area contributed by atoms with E-state index in [1.165, 1.54) is 12.1 Å². The van der Waals surface area contributed by atoms with Gasteiger partial charge in [0.15, 0.2) is 5.65 Å². The number of fused-ring (bicyclic) bond motifs is 2. The van der Waals surface area contributed by atoms with Crippen molar-refractivity contribution in [1.82, 2.24) is 19.7 Å². The lowest BCUT2D eigenvalue weighted by atomic mass is 10.1. The predicted molar refractivity (Wildman–Crippen MR) is 97.4 cm³/mol. The summed E-state index contributed by atoms with van der Waals surface area (Å²) in [5.41, 5.74) is 3.03. The van der Waals surface area contributed by atoms with Crippen LogP contribution in [0.2, 0.25) is 0 Å². The van der Waals surface area contributed by atoms with Crippen molar-refractivity contribution in [2.24, 2.45) is 0 Å². The highest BCUT2D eigenvalue weighted by Gasteiger charge is 2.34. The van der Waals surface area contributed by atoms with Crippen LogP contribution in [0.1, 0.15) is 36.9 Å². The van der Waals surface area contributed by atoms with Gasteiger partial charge in [-0.2, -0.15) is 10.1 Å². The van der Waals surface area contributed by atoms with Crippen LogP contribution in [-0.2, 0) is 6.54 Å². The Morgan fingerprint density at radius 1 is 1.19 bits per heavy atom. The van der Waals surface area contributed by atoms with E-state index < -0.39 is 0 Å². The normalized spacial score (nSPS) is 17.4. The number of hydrogen-bond donors (Lipinski definition) is 0. The summed E-state index contributed by atoms with van der Waals surface area (Å²) in [4.78, 5) is 18.9. The molecule has 1 aromatic carbocycles. The van der Waals surface area contributed by atoms with E-state index in [4.69, 9.17) is 4.74 Å². The van der Waals surface area contributed by atoms with Gasteiger partial charge in [0.2, 0.25) is 5.88 Å². The van der Waals surface area contributed by atoms with Crippen molar-refractivity contribution in [2.45, 2.75) is 45.2 Å². The molecule has 0 saturated heterocycles. The summed E-state index contributed by atoms with van der Waals surface area (Å²) in [7, 11) is 0. The van der Waals surface area contributed by atoms with Gasteiger partial charge in [-0.05, 0) is 50.1 Å². The second kappa shape index (κ2) is 6.04. The molecule has 5 rings (SSSR count). The summed E-state index contributed by atoms with van der Waals surface area (Å²) in [6.07, 6.45) is 4.04. The Labute approximate surface area is 155 Å². The van der Waals surface area contributed by atoms with Crippen LogP contribution < -0.4 is 4.74 Å². The van der Waals surface area contributed by atoms with Crippen LogP contribution in [0.4, 0.5) is 9.18 Å². The minimum Gasteiger partial charge on any atom is -0.391 e. The molecule has 1 aliphatic heterocycles. The first-order valence-corrected chi connectivity index (χ1v) is 9.24. The molecule has 3 heterocycles. The average Bonchev–Trinajstić information content (AvgIpc) is 3.29. The molecule has 27 heavy (non-hydrogen) atoms. The Hall–Kier alpha value is -2.96. The molecular formula is C20H19FN4O2. The van der Waals surface area contributed by atoms with E-state index in [2.05, 4.69) is 10.1 Å². The highest BCUT2D eigenvalue weighted by Crippen LogP contribution is 2.34. The van der Waals surface area contributed by atoms with Crippen LogP contribution >= 0.6 is 0 Å². The first-order chi connectivity index (χ1) is 13.1. The first kappa shape index (κ1) is 16.2. The largest absolute Gasteiger partial charge is 0.417 e. The van der Waals surface area contributed by atoms with Crippen molar-refractivity contribution >= 4 is 17.1 Å². The Morgan fingerprint density at radius 3 is 2.67 bits per heavy atom. The van der Waals surface area contributed by atoms with Gasteiger partial charge < -0.3 is 9.64 Å². The van der Waals surface area contributed by atoms with Gasteiger partial charge in [-0.3, -0.25) is 0 Å². The van der Waals surface area contributed by atoms with Crippen LogP contribution in [0.15, 0.2) is 30.3 Å². The molecule has 0 atom stereocenters. The van der Waals surface area contributed by atoms with Crippen molar-refractivity contribution < 1.29 is 13.9 Å². The minimum absolute atomic E-state index is 0.254. The van der Waals surface area contributed by atoms with E-state index in [9.17, 15) is 9.18 Å². The molecule has 0 N–H and O–H groups in total. The number of aryl methyl sites for hydroxylation is 1. The fourth-order valence-corrected chi connectivity index (χ4v) is 4.06. The zero-order chi connectivity index (χ0) is 18.5. The average molecular weight is 366 g/mol. The van der Waals surface area contributed by atoms with E-state index in [1.807, 2.05) is 17.9 Å². The van der Waals surface area contributed by atoms with Crippen LogP contribution in [0.25, 0.3) is 16.7 Å². The lowest BCUT2D eigenvalue weighted by Crippen LogP contribution is -2.43. The standard InChI is InChI=1S/C20H19FN4O2/c1-12-17-10-13-11-24(15-4-2-3-5-15)20(26)27-19(13)22-18(17)25(23-12)16-8-6-14(21)7-9-16/h6-10,15H,2-5,11H2,1H3. The lowest BCUT2D eigenvalue weighted by molar-refractivity contribution is 0.114. The summed E-state index contributed by atoms with van der Waals surface area (Å²) in [6, 6.07) is 8.33. The summed E-state index contributed by atoms with van der Waals surface area (Å²) in [5.74, 6) is 0.0308. The smallest absolute Gasteiger partial charge is 0.391 e. The third-order valence-corrected chi connectivity index (χ3v) is 5.48. The number of nitrogens with zero attached hydrogens (tertiary/aromatic N) is 4. The van der Waals surface area contributed by atoms with Gasteiger partial charge in [0, 0.05) is 17.0 Å². The number of pyridine rings is 1. The van der Waals surface area contributed by atoms with E-state index in [-0.39, 0.29) is 18.0 Å². The first-order valence-electron chi connectivity index (χ1n) is 9.24. The third-order valence-electron chi connectivity index (χ3n) is 5.48. The minimum atomic E-state index is -0.328. The molecule has 0 bridgehead atoms. The Bertz CT molecular complexity index is 1040. The van der Waals surface area contributed by atoms with Crippen LogP contribution in [0.3, 0.4) is 0 Å². The monoisotopic (exact) mass is 366 g/mol. The molecule has 1 saturated carbocycles. The van der Waals surface area contributed by atoms with Crippen molar-refractivity contribution in [1.29, 1.82) is 0 Å². The van der Waals surface area contributed by atoms with E-state index in [0.717, 1.165) is 42.3 Å². The SMILES string of the molecule is Cc1nn(-c2ccc(F)cc2)c2nc3c(cc12)CN(C1CCCC1)C(=O)O3.